The van der Waals surface area contributed by atoms with E-state index in [0.717, 1.165) is 25.6 Å². The normalized spacial score (nSPS) is 30.5. The van der Waals surface area contributed by atoms with Crippen molar-refractivity contribution in [1.29, 1.82) is 0 Å². The standard InChI is InChI=1S/C17H30N2O2/c1-13-4-3-10-19(11-9-13)12-17(14-5-6-14,16(20)21-2)18-15-7-8-15/h13-15,18H,3-12H2,1-2H3. The zero-order chi connectivity index (χ0) is 14.9. The van der Waals surface area contributed by atoms with Gasteiger partial charge in [0.25, 0.3) is 0 Å². The molecule has 3 rings (SSSR count). The van der Waals surface area contributed by atoms with Gasteiger partial charge in [-0.3, -0.25) is 5.32 Å². The highest BCUT2D eigenvalue weighted by molar-refractivity contribution is 5.82. The van der Waals surface area contributed by atoms with Crippen molar-refractivity contribution in [1.82, 2.24) is 10.2 Å². The van der Waals surface area contributed by atoms with Crippen molar-refractivity contribution in [3.63, 3.8) is 0 Å². The summed E-state index contributed by atoms with van der Waals surface area (Å²) in [6, 6.07) is 0.538. The first kappa shape index (κ1) is 15.3. The summed E-state index contributed by atoms with van der Waals surface area (Å²) in [5, 5.41) is 3.68. The molecular formula is C17H30N2O2. The highest BCUT2D eigenvalue weighted by Gasteiger charge is 2.54. The SMILES string of the molecule is COC(=O)C(CN1CCCC(C)CC1)(NC1CC1)C1CC1. The second-order valence-electron chi connectivity index (χ2n) is 7.47. The van der Waals surface area contributed by atoms with Gasteiger partial charge >= 0.3 is 5.97 Å². The minimum atomic E-state index is -0.441. The van der Waals surface area contributed by atoms with Gasteiger partial charge in [-0.1, -0.05) is 6.92 Å². The van der Waals surface area contributed by atoms with Gasteiger partial charge in [0.15, 0.2) is 0 Å². The third-order valence-electron chi connectivity index (χ3n) is 5.45. The lowest BCUT2D eigenvalue weighted by atomic mass is 9.91. The molecule has 0 aromatic rings. The molecule has 1 saturated heterocycles. The van der Waals surface area contributed by atoms with E-state index >= 15 is 0 Å². The molecule has 2 unspecified atom stereocenters. The van der Waals surface area contributed by atoms with Gasteiger partial charge in [-0.05, 0) is 69.9 Å². The zero-order valence-corrected chi connectivity index (χ0v) is 13.6. The number of nitrogens with one attached hydrogen (secondary N) is 1. The number of esters is 1. The predicted molar refractivity (Wildman–Crippen MR) is 83.1 cm³/mol. The van der Waals surface area contributed by atoms with Gasteiger partial charge < -0.3 is 9.64 Å². The summed E-state index contributed by atoms with van der Waals surface area (Å²) in [5.74, 6) is 1.26. The van der Waals surface area contributed by atoms with Crippen LogP contribution < -0.4 is 5.32 Å². The van der Waals surface area contributed by atoms with Gasteiger partial charge in [-0.15, -0.1) is 0 Å². The summed E-state index contributed by atoms with van der Waals surface area (Å²) in [4.78, 5) is 15.1. The predicted octanol–water partition coefficient (Wildman–Crippen LogP) is 2.18. The van der Waals surface area contributed by atoms with E-state index < -0.39 is 5.54 Å². The van der Waals surface area contributed by atoms with Gasteiger partial charge in [-0.25, -0.2) is 4.79 Å². The number of likely N-dealkylation sites (tertiary alicyclic amines) is 1. The minimum absolute atomic E-state index is 0.0332. The van der Waals surface area contributed by atoms with Crippen LogP contribution in [0, 0.1) is 11.8 Å². The van der Waals surface area contributed by atoms with Crippen molar-refractivity contribution in [2.45, 2.75) is 63.5 Å². The molecule has 4 heteroatoms. The van der Waals surface area contributed by atoms with E-state index in [4.69, 9.17) is 4.74 Å². The highest BCUT2D eigenvalue weighted by atomic mass is 16.5. The molecule has 1 N–H and O–H groups in total. The zero-order valence-electron chi connectivity index (χ0n) is 13.6. The molecule has 1 aliphatic heterocycles. The van der Waals surface area contributed by atoms with Crippen LogP contribution in [0.1, 0.15) is 51.9 Å². The summed E-state index contributed by atoms with van der Waals surface area (Å²) in [6.45, 7) is 5.44. The molecule has 0 bridgehead atoms. The molecule has 4 nitrogen and oxygen atoms in total. The van der Waals surface area contributed by atoms with E-state index in [2.05, 4.69) is 17.1 Å². The van der Waals surface area contributed by atoms with Gasteiger partial charge in [0.1, 0.15) is 5.54 Å². The van der Waals surface area contributed by atoms with Crippen LogP contribution in [0.5, 0.6) is 0 Å². The molecule has 0 aromatic carbocycles. The lowest BCUT2D eigenvalue weighted by molar-refractivity contribution is -0.151. The van der Waals surface area contributed by atoms with E-state index in [-0.39, 0.29) is 5.97 Å². The number of ether oxygens (including phenoxy) is 1. The van der Waals surface area contributed by atoms with Crippen LogP contribution in [0.4, 0.5) is 0 Å². The second kappa shape index (κ2) is 6.25. The lowest BCUT2D eigenvalue weighted by Gasteiger charge is -2.37. The Bertz CT molecular complexity index is 379. The first-order valence-electron chi connectivity index (χ1n) is 8.72. The van der Waals surface area contributed by atoms with Crippen LogP contribution in [0.25, 0.3) is 0 Å². The fourth-order valence-corrected chi connectivity index (χ4v) is 3.77. The Morgan fingerprint density at radius 2 is 1.95 bits per heavy atom. The average Bonchev–Trinajstić information content (AvgIpc) is 3.32. The van der Waals surface area contributed by atoms with Crippen LogP contribution in [0.15, 0.2) is 0 Å². The van der Waals surface area contributed by atoms with E-state index in [1.807, 2.05) is 0 Å². The van der Waals surface area contributed by atoms with Gasteiger partial charge in [0.2, 0.25) is 0 Å². The smallest absolute Gasteiger partial charge is 0.327 e. The van der Waals surface area contributed by atoms with Crippen molar-refractivity contribution in [3.8, 4) is 0 Å². The number of hydrogen-bond donors (Lipinski definition) is 1. The van der Waals surface area contributed by atoms with Crippen molar-refractivity contribution < 1.29 is 9.53 Å². The second-order valence-corrected chi connectivity index (χ2v) is 7.47. The number of nitrogens with zero attached hydrogens (tertiary/aromatic N) is 1. The summed E-state index contributed by atoms with van der Waals surface area (Å²) in [5.41, 5.74) is -0.441. The Morgan fingerprint density at radius 1 is 1.19 bits per heavy atom. The third kappa shape index (κ3) is 3.59. The number of carbonyl (C=O) groups excluding carboxylic acids is 1. The number of hydrogen-bond acceptors (Lipinski definition) is 4. The molecule has 0 spiro atoms. The highest BCUT2D eigenvalue weighted by Crippen LogP contribution is 2.43. The van der Waals surface area contributed by atoms with E-state index in [0.29, 0.717) is 12.0 Å². The van der Waals surface area contributed by atoms with E-state index in [1.165, 1.54) is 44.9 Å². The van der Waals surface area contributed by atoms with Crippen LogP contribution >= 0.6 is 0 Å². The molecule has 2 aliphatic carbocycles. The Hall–Kier alpha value is -0.610. The molecule has 1 heterocycles. The van der Waals surface area contributed by atoms with Crippen LogP contribution in [-0.2, 0) is 9.53 Å². The molecule has 3 fully saturated rings. The van der Waals surface area contributed by atoms with E-state index in [1.54, 1.807) is 7.11 Å². The molecule has 0 aromatic heterocycles. The summed E-state index contributed by atoms with van der Waals surface area (Å²) in [7, 11) is 1.54. The largest absolute Gasteiger partial charge is 0.468 e. The van der Waals surface area contributed by atoms with Crippen molar-refractivity contribution in [3.05, 3.63) is 0 Å². The first-order chi connectivity index (χ1) is 10.1. The Morgan fingerprint density at radius 3 is 2.57 bits per heavy atom. The average molecular weight is 294 g/mol. The maximum Gasteiger partial charge on any atom is 0.327 e. The summed E-state index contributed by atoms with van der Waals surface area (Å²) >= 11 is 0. The molecule has 3 aliphatic rings. The molecule has 0 amide bonds. The fourth-order valence-electron chi connectivity index (χ4n) is 3.77. The van der Waals surface area contributed by atoms with Crippen molar-refractivity contribution in [2.24, 2.45) is 11.8 Å². The van der Waals surface area contributed by atoms with Gasteiger partial charge in [0, 0.05) is 12.6 Å². The Kier molecular flexibility index (Phi) is 4.55. The van der Waals surface area contributed by atoms with E-state index in [9.17, 15) is 4.79 Å². The molecule has 2 saturated carbocycles. The third-order valence-corrected chi connectivity index (χ3v) is 5.45. The van der Waals surface area contributed by atoms with Crippen LogP contribution in [-0.4, -0.2) is 49.2 Å². The minimum Gasteiger partial charge on any atom is -0.468 e. The number of carbonyl (C=O) groups is 1. The quantitative estimate of drug-likeness (QED) is 0.763. The van der Waals surface area contributed by atoms with Crippen LogP contribution in [0.3, 0.4) is 0 Å². The molecule has 21 heavy (non-hydrogen) atoms. The van der Waals surface area contributed by atoms with Gasteiger partial charge in [0.05, 0.1) is 7.11 Å². The maximum absolute atomic E-state index is 12.6. The Labute approximate surface area is 128 Å². The summed E-state index contributed by atoms with van der Waals surface area (Å²) in [6.07, 6.45) is 8.59. The van der Waals surface area contributed by atoms with Crippen molar-refractivity contribution >= 4 is 5.97 Å². The summed E-state index contributed by atoms with van der Waals surface area (Å²) < 4.78 is 5.21. The topological polar surface area (TPSA) is 41.6 Å². The maximum atomic E-state index is 12.6. The lowest BCUT2D eigenvalue weighted by Crippen LogP contribution is -2.62. The molecule has 0 radical (unpaired) electrons. The van der Waals surface area contributed by atoms with Gasteiger partial charge in [-0.2, -0.15) is 0 Å². The monoisotopic (exact) mass is 294 g/mol. The molecule has 2 atom stereocenters. The number of rotatable bonds is 6. The van der Waals surface area contributed by atoms with Crippen LogP contribution in [0.2, 0.25) is 0 Å². The molecular weight excluding hydrogens is 264 g/mol. The fraction of sp³-hybridized carbons (Fsp3) is 0.941. The number of methoxy groups -OCH3 is 1. The first-order valence-corrected chi connectivity index (χ1v) is 8.72. The van der Waals surface area contributed by atoms with Crippen molar-refractivity contribution in [2.75, 3.05) is 26.7 Å². The molecule has 120 valence electrons. The Balaban J connectivity index is 1.72.